The topological polar surface area (TPSA) is 75.6 Å². The largest absolute Gasteiger partial charge is 0.352 e. The molecule has 1 aromatic carbocycles. The molecular weight excluding hydrogens is 274 g/mol. The molecule has 0 aliphatic rings. The van der Waals surface area contributed by atoms with Gasteiger partial charge in [-0.2, -0.15) is 4.21 Å². The van der Waals surface area contributed by atoms with Gasteiger partial charge in [0.1, 0.15) is 0 Å². The standard InChI is InChI=1S/C11H15NO4S2/c13-11(10-6-2-1-3-7-10)12-8-4-5-9-16-18(14,15)17/h1-3,6-7H,4-5,8-9H2,(H,12,13)(H,14,15,17). The van der Waals surface area contributed by atoms with E-state index < -0.39 is 9.05 Å². The molecule has 0 aliphatic carbocycles. The average molecular weight is 289 g/mol. The van der Waals surface area contributed by atoms with Crippen molar-refractivity contribution in [2.45, 2.75) is 12.8 Å². The first-order valence-electron chi connectivity index (χ1n) is 5.44. The Bertz CT molecular complexity index is 473. The molecule has 2 N–H and O–H groups in total. The number of rotatable bonds is 7. The number of carbonyl (C=O) groups is 1. The third kappa shape index (κ3) is 6.65. The summed E-state index contributed by atoms with van der Waals surface area (Å²) in [6.07, 6.45) is 1.21. The summed E-state index contributed by atoms with van der Waals surface area (Å²) < 4.78 is 23.8. The first-order valence-corrected chi connectivity index (χ1v) is 7.80. The van der Waals surface area contributed by atoms with Crippen LogP contribution in [0.4, 0.5) is 0 Å². The van der Waals surface area contributed by atoms with Gasteiger partial charge in [-0.1, -0.05) is 18.2 Å². The minimum absolute atomic E-state index is 0.111. The fourth-order valence-electron chi connectivity index (χ4n) is 1.28. The molecular formula is C11H15NO4S2. The lowest BCUT2D eigenvalue weighted by Crippen LogP contribution is -2.24. The van der Waals surface area contributed by atoms with Crippen LogP contribution in [0.25, 0.3) is 0 Å². The molecule has 0 fully saturated rings. The average Bonchev–Trinajstić information content (AvgIpc) is 2.33. The summed E-state index contributed by atoms with van der Waals surface area (Å²) in [7, 11) is -3.52. The van der Waals surface area contributed by atoms with Crippen LogP contribution >= 0.6 is 0 Å². The second-order valence-electron chi connectivity index (χ2n) is 3.58. The monoisotopic (exact) mass is 289 g/mol. The van der Waals surface area contributed by atoms with Gasteiger partial charge in [0.25, 0.3) is 15.0 Å². The molecule has 1 atom stereocenters. The fraction of sp³-hybridized carbons (Fsp3) is 0.364. The van der Waals surface area contributed by atoms with Crippen LogP contribution in [0.15, 0.2) is 30.3 Å². The predicted molar refractivity (Wildman–Crippen MR) is 72.1 cm³/mol. The zero-order chi connectivity index (χ0) is 13.4. The smallest absolute Gasteiger partial charge is 0.266 e. The van der Waals surface area contributed by atoms with E-state index in [0.29, 0.717) is 24.9 Å². The second kappa shape index (κ2) is 7.42. The number of hydrogen-bond acceptors (Lipinski definition) is 4. The molecule has 100 valence electrons. The molecule has 1 aromatic rings. The number of carbonyl (C=O) groups excluding carboxylic acids is 1. The number of hydrogen-bond donors (Lipinski definition) is 2. The Morgan fingerprint density at radius 1 is 1.33 bits per heavy atom. The number of unbranched alkanes of at least 4 members (excludes halogenated alkanes) is 1. The predicted octanol–water partition coefficient (Wildman–Crippen LogP) is 1.35. The van der Waals surface area contributed by atoms with E-state index in [4.69, 9.17) is 4.55 Å². The van der Waals surface area contributed by atoms with Crippen LogP contribution in [-0.2, 0) is 24.4 Å². The third-order valence-electron chi connectivity index (χ3n) is 2.12. The Kier molecular flexibility index (Phi) is 6.20. The van der Waals surface area contributed by atoms with Crippen molar-refractivity contribution < 1.29 is 17.7 Å². The second-order valence-corrected chi connectivity index (χ2v) is 5.93. The summed E-state index contributed by atoms with van der Waals surface area (Å²) in [6.45, 7) is 0.598. The maximum Gasteiger partial charge on any atom is 0.266 e. The number of benzene rings is 1. The number of nitrogens with one attached hydrogen (secondary N) is 1. The van der Waals surface area contributed by atoms with Crippen molar-refractivity contribution >= 4 is 26.1 Å². The first kappa shape index (κ1) is 15.0. The molecule has 1 unspecified atom stereocenters. The van der Waals surface area contributed by atoms with Gasteiger partial charge in [0, 0.05) is 23.3 Å². The van der Waals surface area contributed by atoms with E-state index in [-0.39, 0.29) is 12.5 Å². The van der Waals surface area contributed by atoms with Crippen LogP contribution < -0.4 is 5.32 Å². The minimum Gasteiger partial charge on any atom is -0.352 e. The van der Waals surface area contributed by atoms with Crippen molar-refractivity contribution in [2.75, 3.05) is 13.2 Å². The highest BCUT2D eigenvalue weighted by atomic mass is 32.9. The van der Waals surface area contributed by atoms with Crippen molar-refractivity contribution in [3.63, 3.8) is 0 Å². The van der Waals surface area contributed by atoms with Crippen molar-refractivity contribution in [2.24, 2.45) is 0 Å². The van der Waals surface area contributed by atoms with Crippen LogP contribution in [0.1, 0.15) is 23.2 Å². The van der Waals surface area contributed by atoms with E-state index in [2.05, 4.69) is 20.7 Å². The maximum absolute atomic E-state index is 11.6. The van der Waals surface area contributed by atoms with E-state index in [1.54, 1.807) is 24.3 Å². The molecule has 18 heavy (non-hydrogen) atoms. The minimum atomic E-state index is -3.52. The third-order valence-corrected chi connectivity index (χ3v) is 2.88. The lowest BCUT2D eigenvalue weighted by atomic mass is 10.2. The van der Waals surface area contributed by atoms with E-state index in [1.165, 1.54) is 0 Å². The summed E-state index contributed by atoms with van der Waals surface area (Å²) in [6, 6.07) is 8.90. The zero-order valence-corrected chi connectivity index (χ0v) is 11.3. The summed E-state index contributed by atoms with van der Waals surface area (Å²) in [4.78, 5) is 11.6. The molecule has 5 nitrogen and oxygen atoms in total. The van der Waals surface area contributed by atoms with E-state index >= 15 is 0 Å². The molecule has 0 heterocycles. The van der Waals surface area contributed by atoms with Gasteiger partial charge in [0.15, 0.2) is 0 Å². The Labute approximate surface area is 111 Å². The lowest BCUT2D eigenvalue weighted by molar-refractivity contribution is 0.0952. The van der Waals surface area contributed by atoms with Gasteiger partial charge >= 0.3 is 0 Å². The van der Waals surface area contributed by atoms with E-state index in [9.17, 15) is 9.00 Å². The summed E-state index contributed by atoms with van der Waals surface area (Å²) in [5.74, 6) is -0.134. The molecule has 0 saturated heterocycles. The van der Waals surface area contributed by atoms with Crippen molar-refractivity contribution in [1.29, 1.82) is 0 Å². The Balaban J connectivity index is 2.14. The maximum atomic E-state index is 11.6. The zero-order valence-electron chi connectivity index (χ0n) is 9.70. The molecule has 0 aromatic heterocycles. The van der Waals surface area contributed by atoms with Gasteiger partial charge < -0.3 is 5.32 Å². The van der Waals surface area contributed by atoms with Crippen LogP contribution in [0.3, 0.4) is 0 Å². The van der Waals surface area contributed by atoms with E-state index in [1.807, 2.05) is 6.07 Å². The van der Waals surface area contributed by atoms with Crippen molar-refractivity contribution in [3.8, 4) is 0 Å². The van der Waals surface area contributed by atoms with Gasteiger partial charge in [-0.05, 0) is 25.0 Å². The highest BCUT2D eigenvalue weighted by Gasteiger charge is 2.03. The van der Waals surface area contributed by atoms with Crippen molar-refractivity contribution in [3.05, 3.63) is 35.9 Å². The molecule has 1 rings (SSSR count). The molecule has 0 spiro atoms. The Hall–Kier alpha value is -1.02. The molecule has 7 heteroatoms. The molecule has 0 aliphatic heterocycles. The number of amides is 1. The molecule has 0 saturated carbocycles. The van der Waals surface area contributed by atoms with Gasteiger partial charge in [0.2, 0.25) is 0 Å². The van der Waals surface area contributed by atoms with Crippen LogP contribution in [0, 0.1) is 0 Å². The fourth-order valence-corrected chi connectivity index (χ4v) is 1.82. The van der Waals surface area contributed by atoms with Gasteiger partial charge in [-0.15, -0.1) is 0 Å². The van der Waals surface area contributed by atoms with Crippen LogP contribution in [-0.4, -0.2) is 27.8 Å². The summed E-state index contributed by atoms with van der Waals surface area (Å²) in [5.41, 5.74) is 0.609. The van der Waals surface area contributed by atoms with Gasteiger partial charge in [-0.3, -0.25) is 13.5 Å². The van der Waals surface area contributed by atoms with Gasteiger partial charge in [-0.25, -0.2) is 0 Å². The highest BCUT2D eigenvalue weighted by molar-refractivity contribution is 8.27. The summed E-state index contributed by atoms with van der Waals surface area (Å²) >= 11 is 4.16. The normalized spacial score (nSPS) is 13.8. The SMILES string of the molecule is O=C(NCCCCOS(=O)(O)=S)c1ccccc1. The van der Waals surface area contributed by atoms with Crippen molar-refractivity contribution in [1.82, 2.24) is 5.32 Å². The molecule has 0 bridgehead atoms. The lowest BCUT2D eigenvalue weighted by Gasteiger charge is -2.05. The molecule has 0 radical (unpaired) electrons. The first-order chi connectivity index (χ1) is 8.49. The van der Waals surface area contributed by atoms with Crippen LogP contribution in [0.2, 0.25) is 0 Å². The molecule has 1 amide bonds. The van der Waals surface area contributed by atoms with Gasteiger partial charge in [0.05, 0.1) is 6.61 Å². The Morgan fingerprint density at radius 3 is 2.61 bits per heavy atom. The quantitative estimate of drug-likeness (QED) is 0.741. The van der Waals surface area contributed by atoms with E-state index in [0.717, 1.165) is 0 Å². The summed E-state index contributed by atoms with van der Waals surface area (Å²) in [5, 5.41) is 2.74. The Morgan fingerprint density at radius 2 is 2.00 bits per heavy atom. The highest BCUT2D eigenvalue weighted by Crippen LogP contribution is 1.98. The van der Waals surface area contributed by atoms with Crippen LogP contribution in [0.5, 0.6) is 0 Å².